The smallest absolute Gasteiger partial charge is 0.00191 e. The third kappa shape index (κ3) is 5.95. The summed E-state index contributed by atoms with van der Waals surface area (Å²) >= 11 is 0. The molecule has 0 amide bonds. The molecule has 2 heteroatoms. The maximum absolute atomic E-state index is 3.73. The maximum atomic E-state index is 3.73. The second-order valence-corrected chi connectivity index (χ2v) is 4.75. The molecule has 1 unspecified atom stereocenters. The molecule has 0 aliphatic carbocycles. The summed E-state index contributed by atoms with van der Waals surface area (Å²) < 4.78 is 0. The van der Waals surface area contributed by atoms with Crippen LogP contribution in [0.25, 0.3) is 0 Å². The van der Waals surface area contributed by atoms with Crippen LogP contribution in [0.4, 0.5) is 0 Å². The zero-order valence-electron chi connectivity index (χ0n) is 10.2. The Morgan fingerprint density at radius 2 is 2.13 bits per heavy atom. The van der Waals surface area contributed by atoms with Crippen LogP contribution in [0.15, 0.2) is 12.7 Å². The fraction of sp³-hybridized carbons (Fsp3) is 0.846. The van der Waals surface area contributed by atoms with Crippen LogP contribution in [-0.2, 0) is 0 Å². The average Bonchev–Trinajstić information content (AvgIpc) is 2.70. The Labute approximate surface area is 94.7 Å². The molecule has 1 atom stereocenters. The summed E-state index contributed by atoms with van der Waals surface area (Å²) in [6, 6.07) is 0. The molecule has 1 rings (SSSR count). The highest BCUT2D eigenvalue weighted by atomic mass is 15.1. The van der Waals surface area contributed by atoms with Crippen LogP contribution >= 0.6 is 0 Å². The Hall–Kier alpha value is -0.340. The molecule has 2 nitrogen and oxygen atoms in total. The van der Waals surface area contributed by atoms with Crippen molar-refractivity contribution in [3.8, 4) is 0 Å². The highest BCUT2D eigenvalue weighted by Gasteiger charge is 2.13. The van der Waals surface area contributed by atoms with Gasteiger partial charge in [-0.2, -0.15) is 0 Å². The van der Waals surface area contributed by atoms with E-state index in [1.165, 1.54) is 38.9 Å². The molecule has 1 saturated heterocycles. The zero-order chi connectivity index (χ0) is 10.9. The lowest BCUT2D eigenvalue weighted by atomic mass is 10.1. The number of nitrogens with zero attached hydrogens (tertiary/aromatic N) is 1. The minimum absolute atomic E-state index is 0.784. The second kappa shape index (κ2) is 7.89. The van der Waals surface area contributed by atoms with E-state index < -0.39 is 0 Å². The lowest BCUT2D eigenvalue weighted by Crippen LogP contribution is -2.32. The number of hydrogen-bond donors (Lipinski definition) is 1. The van der Waals surface area contributed by atoms with Crippen LogP contribution in [0.1, 0.15) is 32.6 Å². The molecule has 1 fully saturated rings. The van der Waals surface area contributed by atoms with E-state index in [4.69, 9.17) is 0 Å². The molecule has 1 heterocycles. The SMILES string of the molecule is C=CCCCNCC(C)CN1CCCC1. The quantitative estimate of drug-likeness (QED) is 0.488. The van der Waals surface area contributed by atoms with Crippen molar-refractivity contribution in [2.75, 3.05) is 32.7 Å². The fourth-order valence-electron chi connectivity index (χ4n) is 2.19. The Kier molecular flexibility index (Phi) is 6.69. The first-order valence-corrected chi connectivity index (χ1v) is 6.37. The molecule has 1 aliphatic rings. The third-order valence-electron chi connectivity index (χ3n) is 3.02. The monoisotopic (exact) mass is 210 g/mol. The van der Waals surface area contributed by atoms with Gasteiger partial charge in [-0.15, -0.1) is 6.58 Å². The van der Waals surface area contributed by atoms with Crippen molar-refractivity contribution < 1.29 is 0 Å². The Bertz CT molecular complexity index is 162. The second-order valence-electron chi connectivity index (χ2n) is 4.75. The van der Waals surface area contributed by atoms with Gasteiger partial charge in [-0.05, 0) is 57.8 Å². The van der Waals surface area contributed by atoms with Crippen LogP contribution in [0.3, 0.4) is 0 Å². The molecule has 0 bridgehead atoms. The van der Waals surface area contributed by atoms with Crippen molar-refractivity contribution in [3.63, 3.8) is 0 Å². The molecule has 0 spiro atoms. The molecule has 1 N–H and O–H groups in total. The van der Waals surface area contributed by atoms with E-state index >= 15 is 0 Å². The third-order valence-corrected chi connectivity index (χ3v) is 3.02. The molecule has 0 aromatic heterocycles. The molecule has 15 heavy (non-hydrogen) atoms. The van der Waals surface area contributed by atoms with Gasteiger partial charge < -0.3 is 10.2 Å². The predicted molar refractivity (Wildman–Crippen MR) is 67.1 cm³/mol. The van der Waals surface area contributed by atoms with Gasteiger partial charge in [0.05, 0.1) is 0 Å². The predicted octanol–water partition coefficient (Wildman–Crippen LogP) is 2.27. The molecular formula is C13H26N2. The van der Waals surface area contributed by atoms with E-state index in [0.29, 0.717) is 0 Å². The lowest BCUT2D eigenvalue weighted by Gasteiger charge is -2.20. The van der Waals surface area contributed by atoms with Crippen molar-refractivity contribution in [3.05, 3.63) is 12.7 Å². The van der Waals surface area contributed by atoms with Crippen molar-refractivity contribution in [2.45, 2.75) is 32.6 Å². The average molecular weight is 210 g/mol. The molecule has 0 aromatic carbocycles. The largest absolute Gasteiger partial charge is 0.316 e. The van der Waals surface area contributed by atoms with E-state index in [9.17, 15) is 0 Å². The standard InChI is InChI=1S/C13H26N2/c1-3-4-5-8-14-11-13(2)12-15-9-6-7-10-15/h3,13-14H,1,4-12H2,2H3. The van der Waals surface area contributed by atoms with Gasteiger partial charge in [0, 0.05) is 6.54 Å². The topological polar surface area (TPSA) is 15.3 Å². The Balaban J connectivity index is 1.93. The van der Waals surface area contributed by atoms with Crippen LogP contribution in [0.5, 0.6) is 0 Å². The molecule has 0 aromatic rings. The summed E-state index contributed by atoms with van der Waals surface area (Å²) in [6.45, 7) is 12.3. The van der Waals surface area contributed by atoms with Crippen LogP contribution in [0.2, 0.25) is 0 Å². The molecule has 0 radical (unpaired) electrons. The fourth-order valence-corrected chi connectivity index (χ4v) is 2.19. The lowest BCUT2D eigenvalue weighted by molar-refractivity contribution is 0.283. The molecule has 0 saturated carbocycles. The minimum atomic E-state index is 0.784. The maximum Gasteiger partial charge on any atom is 0.00191 e. The number of allylic oxidation sites excluding steroid dienone is 1. The number of nitrogens with one attached hydrogen (secondary N) is 1. The van der Waals surface area contributed by atoms with Gasteiger partial charge in [0.25, 0.3) is 0 Å². The number of unbranched alkanes of at least 4 members (excludes halogenated alkanes) is 1. The van der Waals surface area contributed by atoms with Crippen molar-refractivity contribution in [1.82, 2.24) is 10.2 Å². The summed E-state index contributed by atoms with van der Waals surface area (Å²) in [6.07, 6.45) is 7.15. The van der Waals surface area contributed by atoms with Crippen molar-refractivity contribution in [2.24, 2.45) is 5.92 Å². The molecule has 88 valence electrons. The zero-order valence-corrected chi connectivity index (χ0v) is 10.2. The van der Waals surface area contributed by atoms with Crippen molar-refractivity contribution in [1.29, 1.82) is 0 Å². The van der Waals surface area contributed by atoms with Gasteiger partial charge in [-0.1, -0.05) is 13.0 Å². The van der Waals surface area contributed by atoms with E-state index in [1.807, 2.05) is 6.08 Å². The van der Waals surface area contributed by atoms with Gasteiger partial charge in [-0.3, -0.25) is 0 Å². The normalized spacial score (nSPS) is 19.3. The minimum Gasteiger partial charge on any atom is -0.316 e. The summed E-state index contributed by atoms with van der Waals surface area (Å²) in [4.78, 5) is 2.59. The van der Waals surface area contributed by atoms with Crippen LogP contribution in [-0.4, -0.2) is 37.6 Å². The van der Waals surface area contributed by atoms with Gasteiger partial charge in [0.2, 0.25) is 0 Å². The van der Waals surface area contributed by atoms with Gasteiger partial charge in [0.15, 0.2) is 0 Å². The highest BCUT2D eigenvalue weighted by Crippen LogP contribution is 2.09. The first kappa shape index (κ1) is 12.7. The van der Waals surface area contributed by atoms with E-state index in [1.54, 1.807) is 0 Å². The Morgan fingerprint density at radius 3 is 2.80 bits per heavy atom. The Morgan fingerprint density at radius 1 is 1.40 bits per heavy atom. The number of hydrogen-bond acceptors (Lipinski definition) is 2. The van der Waals surface area contributed by atoms with E-state index in [-0.39, 0.29) is 0 Å². The van der Waals surface area contributed by atoms with Gasteiger partial charge in [0.1, 0.15) is 0 Å². The van der Waals surface area contributed by atoms with Gasteiger partial charge in [-0.25, -0.2) is 0 Å². The summed E-state index contributed by atoms with van der Waals surface area (Å²) in [5, 5.41) is 3.52. The van der Waals surface area contributed by atoms with Crippen molar-refractivity contribution >= 4 is 0 Å². The van der Waals surface area contributed by atoms with Crippen LogP contribution < -0.4 is 5.32 Å². The molecule has 1 aliphatic heterocycles. The summed E-state index contributed by atoms with van der Waals surface area (Å²) in [5.41, 5.74) is 0. The summed E-state index contributed by atoms with van der Waals surface area (Å²) in [5.74, 6) is 0.784. The first-order valence-electron chi connectivity index (χ1n) is 6.37. The highest BCUT2D eigenvalue weighted by molar-refractivity contribution is 4.71. The van der Waals surface area contributed by atoms with E-state index in [2.05, 4.69) is 23.7 Å². The molecular weight excluding hydrogens is 184 g/mol. The summed E-state index contributed by atoms with van der Waals surface area (Å²) in [7, 11) is 0. The van der Waals surface area contributed by atoms with Crippen LogP contribution in [0, 0.1) is 5.92 Å². The van der Waals surface area contributed by atoms with E-state index in [0.717, 1.165) is 25.4 Å². The number of rotatable bonds is 8. The first-order chi connectivity index (χ1) is 7.33. The van der Waals surface area contributed by atoms with Gasteiger partial charge >= 0.3 is 0 Å². The number of likely N-dealkylation sites (tertiary alicyclic amines) is 1.